The minimum atomic E-state index is -0.390. The van der Waals surface area contributed by atoms with Crippen molar-refractivity contribution < 1.29 is 19.0 Å². The maximum atomic E-state index is 15.2. The van der Waals surface area contributed by atoms with E-state index < -0.39 is 0 Å². The summed E-state index contributed by atoms with van der Waals surface area (Å²) >= 11 is 0. The first kappa shape index (κ1) is 25.0. The Hall–Kier alpha value is -3.70. The second-order valence-corrected chi connectivity index (χ2v) is 9.71. The lowest BCUT2D eigenvalue weighted by Crippen LogP contribution is -2.32. The van der Waals surface area contributed by atoms with E-state index >= 15 is 4.39 Å². The van der Waals surface area contributed by atoms with Crippen molar-refractivity contribution in [2.45, 2.75) is 46.1 Å². The Bertz CT molecular complexity index is 1450. The number of aliphatic hydroxyl groups is 1. The van der Waals surface area contributed by atoms with Crippen molar-refractivity contribution in [1.29, 1.82) is 0 Å². The van der Waals surface area contributed by atoms with E-state index in [9.17, 15) is 5.11 Å². The molecule has 1 aliphatic heterocycles. The Morgan fingerprint density at radius 3 is 2.81 bits per heavy atom. The van der Waals surface area contributed by atoms with Crippen LogP contribution < -0.4 is 9.47 Å². The van der Waals surface area contributed by atoms with Gasteiger partial charge < -0.3 is 14.6 Å². The Morgan fingerprint density at radius 2 is 2.05 bits per heavy atom. The fourth-order valence-corrected chi connectivity index (χ4v) is 4.70. The number of aryl methyl sites for hydroxylation is 1. The molecule has 0 saturated heterocycles. The number of nitrogens with one attached hydrogen (secondary N) is 1. The summed E-state index contributed by atoms with van der Waals surface area (Å²) in [5.41, 5.74) is 3.91. The molecule has 10 nitrogen and oxygen atoms in total. The van der Waals surface area contributed by atoms with Crippen molar-refractivity contribution in [2.24, 2.45) is 7.05 Å². The quantitative estimate of drug-likeness (QED) is 0.434. The molecule has 37 heavy (non-hydrogen) atoms. The average Bonchev–Trinajstić information content (AvgIpc) is 3.47. The third-order valence-electron chi connectivity index (χ3n) is 6.29. The van der Waals surface area contributed by atoms with Crippen LogP contribution in [0.1, 0.15) is 37.7 Å². The Labute approximate surface area is 214 Å². The van der Waals surface area contributed by atoms with E-state index in [1.165, 1.54) is 6.07 Å². The molecule has 2 N–H and O–H groups in total. The number of ether oxygens (including phenoxy) is 2. The van der Waals surface area contributed by atoms with E-state index in [0.717, 1.165) is 16.6 Å². The van der Waals surface area contributed by atoms with E-state index in [1.54, 1.807) is 28.7 Å². The summed E-state index contributed by atoms with van der Waals surface area (Å²) in [5, 5.41) is 26.8. The highest BCUT2D eigenvalue weighted by atomic mass is 19.1. The molecule has 1 atom stereocenters. The predicted molar refractivity (Wildman–Crippen MR) is 139 cm³/mol. The molecule has 0 saturated carbocycles. The van der Waals surface area contributed by atoms with Crippen LogP contribution in [0.25, 0.3) is 34.2 Å². The molecule has 1 aromatic carbocycles. The molecule has 1 aliphatic rings. The molecule has 0 unspecified atom stereocenters. The average molecular weight is 510 g/mol. The van der Waals surface area contributed by atoms with Crippen molar-refractivity contribution in [3.63, 3.8) is 0 Å². The van der Waals surface area contributed by atoms with Crippen LogP contribution in [-0.2, 0) is 20.1 Å². The number of rotatable bonds is 4. The minimum Gasteiger partial charge on any atom is -0.473 e. The number of aromatic amines is 1. The molecule has 0 spiro atoms. The van der Waals surface area contributed by atoms with Gasteiger partial charge in [0.05, 0.1) is 53.5 Å². The van der Waals surface area contributed by atoms with Crippen LogP contribution in [0.15, 0.2) is 18.3 Å². The van der Waals surface area contributed by atoms with Gasteiger partial charge in [0, 0.05) is 37.2 Å². The van der Waals surface area contributed by atoms with Crippen LogP contribution >= 0.6 is 0 Å². The standard InChI is InChI=1S/C26H32FN7O3/c1-15(2)36-25-17-6-7-22-19-10-18(21(27)11-23(19)30-29-22)20-12-28-33(5)26(20)37-16(3)13-32(4)14-24(17)34(31-25)8-9-35/h6-7,10-12,15-16,35H,8-9,13-14H2,1-5H3,(H,29,30)/b7-6+/t16-/m1/s1. The van der Waals surface area contributed by atoms with Gasteiger partial charge >= 0.3 is 0 Å². The number of hydrogen-bond donors (Lipinski definition) is 2. The Morgan fingerprint density at radius 1 is 1.24 bits per heavy atom. The molecular weight excluding hydrogens is 477 g/mol. The van der Waals surface area contributed by atoms with Crippen LogP contribution in [-0.4, -0.2) is 72.2 Å². The van der Waals surface area contributed by atoms with Gasteiger partial charge in [-0.15, -0.1) is 5.10 Å². The summed E-state index contributed by atoms with van der Waals surface area (Å²) in [7, 11) is 3.77. The number of H-pyrrole nitrogens is 1. The van der Waals surface area contributed by atoms with Crippen molar-refractivity contribution in [3.8, 4) is 22.9 Å². The van der Waals surface area contributed by atoms with Crippen LogP contribution in [0.5, 0.6) is 11.8 Å². The summed E-state index contributed by atoms with van der Waals surface area (Å²) < 4.78 is 31.0. The van der Waals surface area contributed by atoms with Crippen LogP contribution in [0.2, 0.25) is 0 Å². The van der Waals surface area contributed by atoms with E-state index in [0.29, 0.717) is 53.7 Å². The first-order chi connectivity index (χ1) is 17.7. The number of hydrogen-bond acceptors (Lipinski definition) is 7. The summed E-state index contributed by atoms with van der Waals surface area (Å²) in [6, 6.07) is 3.22. The van der Waals surface area contributed by atoms with E-state index in [-0.39, 0.29) is 24.6 Å². The summed E-state index contributed by atoms with van der Waals surface area (Å²) in [4.78, 5) is 2.12. The normalized spacial score (nSPS) is 17.4. The van der Waals surface area contributed by atoms with Crippen LogP contribution in [0.4, 0.5) is 4.39 Å². The first-order valence-corrected chi connectivity index (χ1v) is 12.4. The third-order valence-corrected chi connectivity index (χ3v) is 6.29. The summed E-state index contributed by atoms with van der Waals surface area (Å²) in [6.45, 7) is 7.28. The third kappa shape index (κ3) is 4.84. The zero-order valence-corrected chi connectivity index (χ0v) is 21.7. The van der Waals surface area contributed by atoms with Gasteiger partial charge in [-0.2, -0.15) is 10.2 Å². The molecule has 11 heteroatoms. The lowest BCUT2D eigenvalue weighted by molar-refractivity contribution is 0.146. The first-order valence-electron chi connectivity index (χ1n) is 12.4. The number of nitrogens with zero attached hydrogens (tertiary/aromatic N) is 6. The smallest absolute Gasteiger partial charge is 0.240 e. The zero-order chi connectivity index (χ0) is 26.3. The highest BCUT2D eigenvalue weighted by molar-refractivity contribution is 5.93. The van der Waals surface area contributed by atoms with Gasteiger partial charge in [0.1, 0.15) is 11.9 Å². The molecule has 0 aliphatic carbocycles. The number of halogens is 1. The van der Waals surface area contributed by atoms with Gasteiger partial charge in [-0.05, 0) is 46.0 Å². The van der Waals surface area contributed by atoms with Gasteiger partial charge in [-0.1, -0.05) is 0 Å². The molecule has 2 bridgehead atoms. The summed E-state index contributed by atoms with van der Waals surface area (Å²) in [5.74, 6) is 0.591. The molecule has 4 heterocycles. The van der Waals surface area contributed by atoms with Crippen molar-refractivity contribution in [2.75, 3.05) is 20.2 Å². The number of benzene rings is 1. The monoisotopic (exact) mass is 509 g/mol. The molecule has 4 aromatic rings. The number of aliphatic hydroxyl groups excluding tert-OH is 1. The van der Waals surface area contributed by atoms with Crippen molar-refractivity contribution in [3.05, 3.63) is 41.1 Å². The molecule has 5 rings (SSSR count). The lowest BCUT2D eigenvalue weighted by Gasteiger charge is -2.23. The maximum absolute atomic E-state index is 15.2. The topological polar surface area (TPSA) is 106 Å². The number of aromatic nitrogens is 6. The van der Waals surface area contributed by atoms with E-state index in [4.69, 9.17) is 9.47 Å². The zero-order valence-electron chi connectivity index (χ0n) is 21.7. The Balaban J connectivity index is 1.71. The minimum absolute atomic E-state index is 0.0518. The highest BCUT2D eigenvalue weighted by Gasteiger charge is 2.24. The van der Waals surface area contributed by atoms with Crippen molar-refractivity contribution >= 4 is 23.1 Å². The van der Waals surface area contributed by atoms with Gasteiger partial charge in [0.25, 0.3) is 0 Å². The predicted octanol–water partition coefficient (Wildman–Crippen LogP) is 3.46. The van der Waals surface area contributed by atoms with Gasteiger partial charge in [0.2, 0.25) is 11.8 Å². The van der Waals surface area contributed by atoms with Crippen molar-refractivity contribution in [1.82, 2.24) is 34.7 Å². The Kier molecular flexibility index (Phi) is 6.74. The molecule has 0 radical (unpaired) electrons. The fourth-order valence-electron chi connectivity index (χ4n) is 4.70. The van der Waals surface area contributed by atoms with Crippen LogP contribution in [0.3, 0.4) is 0 Å². The lowest BCUT2D eigenvalue weighted by atomic mass is 10.0. The number of likely N-dealkylation sites (N-methyl/N-ethyl adjacent to an activating group) is 1. The second kappa shape index (κ2) is 9.98. The van der Waals surface area contributed by atoms with Gasteiger partial charge in [0.15, 0.2) is 0 Å². The van der Waals surface area contributed by atoms with E-state index in [2.05, 4.69) is 25.3 Å². The van der Waals surface area contributed by atoms with Gasteiger partial charge in [-0.25, -0.2) is 9.07 Å². The van der Waals surface area contributed by atoms with Gasteiger partial charge in [-0.3, -0.25) is 14.7 Å². The number of fused-ring (bicyclic) bond motifs is 4. The molecule has 196 valence electrons. The molecular formula is C26H32FN7O3. The van der Waals surface area contributed by atoms with Crippen LogP contribution in [0, 0.1) is 5.82 Å². The highest BCUT2D eigenvalue weighted by Crippen LogP contribution is 2.36. The SMILES string of the molecule is CC(C)Oc1nn(CCO)c2c1/C=C/c1n[nH]c3cc(F)c(cc13)-c1cnn(C)c1O[C@H](C)CN(C)C2. The molecule has 0 amide bonds. The maximum Gasteiger partial charge on any atom is 0.240 e. The summed E-state index contributed by atoms with van der Waals surface area (Å²) in [6.07, 6.45) is 5.12. The molecule has 0 fully saturated rings. The second-order valence-electron chi connectivity index (χ2n) is 9.71. The van der Waals surface area contributed by atoms with E-state index in [1.807, 2.05) is 40.0 Å². The fraction of sp³-hybridized carbons (Fsp3) is 0.423. The molecule has 3 aromatic heterocycles. The largest absolute Gasteiger partial charge is 0.473 e.